The summed E-state index contributed by atoms with van der Waals surface area (Å²) in [4.78, 5) is 37.2. The van der Waals surface area contributed by atoms with Crippen LogP contribution >= 0.6 is 11.3 Å². The van der Waals surface area contributed by atoms with E-state index in [9.17, 15) is 14.4 Å². The Morgan fingerprint density at radius 2 is 2.30 bits per heavy atom. The van der Waals surface area contributed by atoms with Crippen LogP contribution in [-0.4, -0.2) is 49.4 Å². The number of carbonyl (C=O) groups excluding carboxylic acids is 3. The molecule has 0 radical (unpaired) electrons. The van der Waals surface area contributed by atoms with Crippen molar-refractivity contribution in [2.45, 2.75) is 6.42 Å². The van der Waals surface area contributed by atoms with Crippen LogP contribution in [0, 0.1) is 5.92 Å². The average Bonchev–Trinajstić information content (AvgIpc) is 3.13. The SMILES string of the molecule is COC(=O)C1CCN(C(=O)CNC(=O)c2cccs2)C1. The Morgan fingerprint density at radius 3 is 2.95 bits per heavy atom. The number of likely N-dealkylation sites (tertiary alicyclic amines) is 1. The van der Waals surface area contributed by atoms with Gasteiger partial charge in [0, 0.05) is 13.1 Å². The van der Waals surface area contributed by atoms with Crippen LogP contribution in [0.2, 0.25) is 0 Å². The molecule has 0 bridgehead atoms. The first-order valence-electron chi connectivity index (χ1n) is 6.29. The molecule has 2 amide bonds. The van der Waals surface area contributed by atoms with Crippen molar-refractivity contribution in [2.75, 3.05) is 26.7 Å². The summed E-state index contributed by atoms with van der Waals surface area (Å²) in [6, 6.07) is 3.48. The van der Waals surface area contributed by atoms with Gasteiger partial charge in [0.05, 0.1) is 24.4 Å². The summed E-state index contributed by atoms with van der Waals surface area (Å²) in [5, 5.41) is 4.39. The second kappa shape index (κ2) is 6.51. The van der Waals surface area contributed by atoms with Crippen molar-refractivity contribution in [3.05, 3.63) is 22.4 Å². The molecule has 1 fully saturated rings. The standard InChI is InChI=1S/C13H16N2O4S/c1-19-13(18)9-4-5-15(8-9)11(16)7-14-12(17)10-3-2-6-20-10/h2-3,6,9H,4-5,7-8H2,1H3,(H,14,17). The van der Waals surface area contributed by atoms with Crippen LogP contribution in [0.25, 0.3) is 0 Å². The minimum Gasteiger partial charge on any atom is -0.469 e. The van der Waals surface area contributed by atoms with Crippen molar-refractivity contribution in [3.63, 3.8) is 0 Å². The molecule has 1 unspecified atom stereocenters. The maximum absolute atomic E-state index is 11.9. The molecule has 1 N–H and O–H groups in total. The lowest BCUT2D eigenvalue weighted by Crippen LogP contribution is -2.39. The number of nitrogens with zero attached hydrogens (tertiary/aromatic N) is 1. The molecule has 7 heteroatoms. The van der Waals surface area contributed by atoms with Crippen molar-refractivity contribution in [1.29, 1.82) is 0 Å². The predicted molar refractivity (Wildman–Crippen MR) is 73.4 cm³/mol. The number of hydrogen-bond acceptors (Lipinski definition) is 5. The zero-order valence-corrected chi connectivity index (χ0v) is 11.9. The van der Waals surface area contributed by atoms with Gasteiger partial charge in [0.1, 0.15) is 0 Å². The van der Waals surface area contributed by atoms with Gasteiger partial charge < -0.3 is 15.0 Å². The van der Waals surface area contributed by atoms with Crippen molar-refractivity contribution in [3.8, 4) is 0 Å². The summed E-state index contributed by atoms with van der Waals surface area (Å²) in [5.74, 6) is -0.974. The summed E-state index contributed by atoms with van der Waals surface area (Å²) in [6.07, 6.45) is 0.608. The number of ether oxygens (including phenoxy) is 1. The Labute approximate surface area is 120 Å². The maximum Gasteiger partial charge on any atom is 0.310 e. The molecule has 6 nitrogen and oxygen atoms in total. The molecule has 0 aliphatic carbocycles. The Balaban J connectivity index is 1.79. The first kappa shape index (κ1) is 14.5. The summed E-state index contributed by atoms with van der Waals surface area (Å²) in [6.45, 7) is 0.832. The van der Waals surface area contributed by atoms with Crippen LogP contribution in [0.15, 0.2) is 17.5 Å². The summed E-state index contributed by atoms with van der Waals surface area (Å²) >= 11 is 1.32. The normalized spacial score (nSPS) is 17.9. The molecule has 2 rings (SSSR count). The summed E-state index contributed by atoms with van der Waals surface area (Å²) in [7, 11) is 1.34. The topological polar surface area (TPSA) is 75.7 Å². The molecular formula is C13H16N2O4S. The smallest absolute Gasteiger partial charge is 0.310 e. The summed E-state index contributed by atoms with van der Waals surface area (Å²) < 4.78 is 4.66. The zero-order chi connectivity index (χ0) is 14.5. The molecule has 1 saturated heterocycles. The Kier molecular flexibility index (Phi) is 4.73. The fraction of sp³-hybridized carbons (Fsp3) is 0.462. The van der Waals surface area contributed by atoms with Crippen LogP contribution < -0.4 is 5.32 Å². The third-order valence-corrected chi connectivity index (χ3v) is 4.09. The number of amides is 2. The number of nitrogens with one attached hydrogen (secondary N) is 1. The molecule has 1 aromatic rings. The Bertz CT molecular complexity index is 500. The molecule has 1 aromatic heterocycles. The highest BCUT2D eigenvalue weighted by Gasteiger charge is 2.31. The largest absolute Gasteiger partial charge is 0.469 e. The van der Waals surface area contributed by atoms with E-state index >= 15 is 0 Å². The molecule has 0 spiro atoms. The fourth-order valence-corrected chi connectivity index (χ4v) is 2.75. The second-order valence-electron chi connectivity index (χ2n) is 4.51. The van der Waals surface area contributed by atoms with Gasteiger partial charge in [-0.2, -0.15) is 0 Å². The van der Waals surface area contributed by atoms with Crippen LogP contribution in [-0.2, 0) is 14.3 Å². The van der Waals surface area contributed by atoms with Crippen molar-refractivity contribution in [2.24, 2.45) is 5.92 Å². The van der Waals surface area contributed by atoms with Gasteiger partial charge in [-0.25, -0.2) is 0 Å². The second-order valence-corrected chi connectivity index (χ2v) is 5.46. The van der Waals surface area contributed by atoms with Gasteiger partial charge in [0.15, 0.2) is 0 Å². The third kappa shape index (κ3) is 3.36. The number of methoxy groups -OCH3 is 1. The molecule has 20 heavy (non-hydrogen) atoms. The van der Waals surface area contributed by atoms with E-state index in [-0.39, 0.29) is 30.2 Å². The molecule has 0 aromatic carbocycles. The number of hydrogen-bond donors (Lipinski definition) is 1. The first-order chi connectivity index (χ1) is 9.61. The van der Waals surface area contributed by atoms with Gasteiger partial charge in [0.2, 0.25) is 5.91 Å². The highest BCUT2D eigenvalue weighted by Crippen LogP contribution is 2.17. The molecule has 1 aliphatic rings. The van der Waals surface area contributed by atoms with E-state index in [1.165, 1.54) is 18.4 Å². The number of thiophene rings is 1. The van der Waals surface area contributed by atoms with Crippen molar-refractivity contribution in [1.82, 2.24) is 10.2 Å². The van der Waals surface area contributed by atoms with Gasteiger partial charge in [-0.15, -0.1) is 11.3 Å². The minimum atomic E-state index is -0.289. The predicted octanol–water partition coefficient (Wildman–Crippen LogP) is 0.499. The molecular weight excluding hydrogens is 280 g/mol. The fourth-order valence-electron chi connectivity index (χ4n) is 2.11. The maximum atomic E-state index is 11.9. The number of carbonyl (C=O) groups is 3. The van der Waals surface area contributed by atoms with Gasteiger partial charge in [-0.3, -0.25) is 14.4 Å². The van der Waals surface area contributed by atoms with Crippen LogP contribution in [0.1, 0.15) is 16.1 Å². The van der Waals surface area contributed by atoms with Crippen molar-refractivity contribution >= 4 is 29.1 Å². The minimum absolute atomic E-state index is 0.0510. The molecule has 108 valence electrons. The lowest BCUT2D eigenvalue weighted by Gasteiger charge is -2.16. The monoisotopic (exact) mass is 296 g/mol. The van der Waals surface area contributed by atoms with Crippen LogP contribution in [0.5, 0.6) is 0 Å². The van der Waals surface area contributed by atoms with Crippen LogP contribution in [0.4, 0.5) is 0 Å². The van der Waals surface area contributed by atoms with Gasteiger partial charge >= 0.3 is 5.97 Å². The first-order valence-corrected chi connectivity index (χ1v) is 7.17. The quantitative estimate of drug-likeness (QED) is 0.821. The van der Waals surface area contributed by atoms with E-state index in [4.69, 9.17) is 0 Å². The molecule has 1 aliphatic heterocycles. The highest BCUT2D eigenvalue weighted by molar-refractivity contribution is 7.12. The number of rotatable bonds is 4. The molecule has 1 atom stereocenters. The Hall–Kier alpha value is -1.89. The lowest BCUT2D eigenvalue weighted by molar-refractivity contribution is -0.145. The molecule has 0 saturated carbocycles. The van der Waals surface area contributed by atoms with Gasteiger partial charge in [0.25, 0.3) is 5.91 Å². The van der Waals surface area contributed by atoms with E-state index in [1.54, 1.807) is 22.4 Å². The van der Waals surface area contributed by atoms with Gasteiger partial charge in [-0.05, 0) is 17.9 Å². The highest BCUT2D eigenvalue weighted by atomic mass is 32.1. The Morgan fingerprint density at radius 1 is 1.50 bits per heavy atom. The van der Waals surface area contributed by atoms with Crippen molar-refractivity contribution < 1.29 is 19.1 Å². The van der Waals surface area contributed by atoms with E-state index in [1.807, 2.05) is 0 Å². The van der Waals surface area contributed by atoms with Crippen LogP contribution in [0.3, 0.4) is 0 Å². The zero-order valence-electron chi connectivity index (χ0n) is 11.1. The lowest BCUT2D eigenvalue weighted by atomic mass is 10.1. The average molecular weight is 296 g/mol. The van der Waals surface area contributed by atoms with E-state index in [0.717, 1.165) is 0 Å². The third-order valence-electron chi connectivity index (χ3n) is 3.22. The van der Waals surface area contributed by atoms with E-state index in [0.29, 0.717) is 24.4 Å². The summed E-state index contributed by atoms with van der Waals surface area (Å²) in [5.41, 5.74) is 0. The number of esters is 1. The van der Waals surface area contributed by atoms with E-state index < -0.39 is 0 Å². The van der Waals surface area contributed by atoms with E-state index in [2.05, 4.69) is 10.1 Å². The molecule has 2 heterocycles. The van der Waals surface area contributed by atoms with Gasteiger partial charge in [-0.1, -0.05) is 6.07 Å².